The van der Waals surface area contributed by atoms with Gasteiger partial charge in [-0.2, -0.15) is 0 Å². The summed E-state index contributed by atoms with van der Waals surface area (Å²) >= 11 is 0. The van der Waals surface area contributed by atoms with E-state index in [0.29, 0.717) is 6.04 Å². The van der Waals surface area contributed by atoms with Gasteiger partial charge in [-0.1, -0.05) is 19.1 Å². The molecule has 1 aliphatic heterocycles. The number of nitrogens with zero attached hydrogens (tertiary/aromatic N) is 2. The van der Waals surface area contributed by atoms with E-state index in [1.165, 1.54) is 24.9 Å². The maximum absolute atomic E-state index is 5.28. The number of likely N-dealkylation sites (N-methyl/N-ethyl adjacent to an activating group) is 1. The number of hydrogen-bond acceptors (Lipinski definition) is 3. The topological polar surface area (TPSA) is 48.9 Å². The van der Waals surface area contributed by atoms with Crippen LogP contribution < -0.4 is 15.4 Å². The number of ether oxygens (including phenoxy) is 1. The number of nitrogens with one attached hydrogen (secondary N) is 2. The van der Waals surface area contributed by atoms with Crippen molar-refractivity contribution in [1.29, 1.82) is 0 Å². The molecule has 134 valence electrons. The SMILES string of the molecule is CCNC(=NCC1CCCN1CC)NCCc1cccc(OC)c1. The van der Waals surface area contributed by atoms with E-state index in [4.69, 9.17) is 9.73 Å². The van der Waals surface area contributed by atoms with Crippen molar-refractivity contribution in [3.8, 4) is 5.75 Å². The minimum atomic E-state index is 0.601. The summed E-state index contributed by atoms with van der Waals surface area (Å²) in [6, 6.07) is 8.83. The fourth-order valence-corrected chi connectivity index (χ4v) is 3.21. The average Bonchev–Trinajstić information content (AvgIpc) is 3.07. The number of guanidine groups is 1. The lowest BCUT2D eigenvalue weighted by Gasteiger charge is -2.21. The highest BCUT2D eigenvalue weighted by molar-refractivity contribution is 5.79. The zero-order chi connectivity index (χ0) is 17.2. The Morgan fingerprint density at radius 2 is 2.21 bits per heavy atom. The fraction of sp³-hybridized carbons (Fsp3) is 0.632. The van der Waals surface area contributed by atoms with Crippen LogP contribution in [0.3, 0.4) is 0 Å². The maximum atomic E-state index is 5.28. The highest BCUT2D eigenvalue weighted by Gasteiger charge is 2.22. The van der Waals surface area contributed by atoms with Crippen molar-refractivity contribution in [3.05, 3.63) is 29.8 Å². The predicted molar refractivity (Wildman–Crippen MR) is 101 cm³/mol. The molecule has 2 rings (SSSR count). The van der Waals surface area contributed by atoms with Crippen LogP contribution in [-0.4, -0.2) is 56.7 Å². The molecule has 1 fully saturated rings. The Bertz CT molecular complexity index is 518. The average molecular weight is 332 g/mol. The van der Waals surface area contributed by atoms with E-state index in [9.17, 15) is 0 Å². The minimum Gasteiger partial charge on any atom is -0.497 e. The minimum absolute atomic E-state index is 0.601. The molecule has 0 spiro atoms. The standard InChI is InChI=1S/C19H32N4O/c1-4-20-19(22-15-17-9-7-13-23(17)5-2)21-12-11-16-8-6-10-18(14-16)24-3/h6,8,10,14,17H,4-5,7,9,11-13,15H2,1-3H3,(H2,20,21,22). The van der Waals surface area contributed by atoms with Crippen molar-refractivity contribution >= 4 is 5.96 Å². The van der Waals surface area contributed by atoms with Gasteiger partial charge in [0.2, 0.25) is 0 Å². The molecule has 0 amide bonds. The van der Waals surface area contributed by atoms with Gasteiger partial charge in [0.05, 0.1) is 13.7 Å². The van der Waals surface area contributed by atoms with Crippen molar-refractivity contribution in [2.24, 2.45) is 4.99 Å². The highest BCUT2D eigenvalue weighted by atomic mass is 16.5. The van der Waals surface area contributed by atoms with Gasteiger partial charge in [0.15, 0.2) is 5.96 Å². The monoisotopic (exact) mass is 332 g/mol. The number of likely N-dealkylation sites (tertiary alicyclic amines) is 1. The van der Waals surface area contributed by atoms with Crippen LogP contribution in [0.4, 0.5) is 0 Å². The van der Waals surface area contributed by atoms with E-state index in [1.54, 1.807) is 7.11 Å². The lowest BCUT2D eigenvalue weighted by Crippen LogP contribution is -2.40. The van der Waals surface area contributed by atoms with Gasteiger partial charge in [0, 0.05) is 19.1 Å². The predicted octanol–water partition coefficient (Wildman–Crippen LogP) is 2.28. The van der Waals surface area contributed by atoms with Crippen LogP contribution in [0.15, 0.2) is 29.3 Å². The Morgan fingerprint density at radius 1 is 1.33 bits per heavy atom. The van der Waals surface area contributed by atoms with Gasteiger partial charge < -0.3 is 15.4 Å². The molecule has 2 N–H and O–H groups in total. The van der Waals surface area contributed by atoms with Crippen molar-refractivity contribution < 1.29 is 4.74 Å². The summed E-state index contributed by atoms with van der Waals surface area (Å²) in [5, 5.41) is 6.79. The summed E-state index contributed by atoms with van der Waals surface area (Å²) in [5.41, 5.74) is 1.27. The first kappa shape index (κ1) is 18.6. The number of aliphatic imine (C=N–C) groups is 1. The molecule has 1 aromatic carbocycles. The van der Waals surface area contributed by atoms with E-state index >= 15 is 0 Å². The molecule has 5 heteroatoms. The Labute approximate surface area is 146 Å². The smallest absolute Gasteiger partial charge is 0.191 e. The Balaban J connectivity index is 1.82. The van der Waals surface area contributed by atoms with E-state index in [0.717, 1.165) is 44.3 Å². The summed E-state index contributed by atoms with van der Waals surface area (Å²) in [6.07, 6.45) is 3.51. The largest absolute Gasteiger partial charge is 0.497 e. The van der Waals surface area contributed by atoms with Gasteiger partial charge in [0.25, 0.3) is 0 Å². The molecule has 0 aliphatic carbocycles. The van der Waals surface area contributed by atoms with Crippen LogP contribution >= 0.6 is 0 Å². The van der Waals surface area contributed by atoms with Gasteiger partial charge >= 0.3 is 0 Å². The van der Waals surface area contributed by atoms with E-state index in [1.807, 2.05) is 12.1 Å². The highest BCUT2D eigenvalue weighted by Crippen LogP contribution is 2.16. The summed E-state index contributed by atoms with van der Waals surface area (Å²) in [6.45, 7) is 9.31. The summed E-state index contributed by atoms with van der Waals surface area (Å²) in [4.78, 5) is 7.32. The zero-order valence-electron chi connectivity index (χ0n) is 15.3. The van der Waals surface area contributed by atoms with Crippen LogP contribution in [-0.2, 0) is 6.42 Å². The quantitative estimate of drug-likeness (QED) is 0.566. The first-order chi connectivity index (χ1) is 11.8. The number of benzene rings is 1. The number of rotatable bonds is 8. The molecular weight excluding hydrogens is 300 g/mol. The summed E-state index contributed by atoms with van der Waals surface area (Å²) in [7, 11) is 1.70. The summed E-state index contributed by atoms with van der Waals surface area (Å²) < 4.78 is 5.28. The Hall–Kier alpha value is -1.75. The Kier molecular flexibility index (Phi) is 7.89. The van der Waals surface area contributed by atoms with Gasteiger partial charge in [-0.3, -0.25) is 9.89 Å². The van der Waals surface area contributed by atoms with Crippen LogP contribution in [0.5, 0.6) is 5.75 Å². The van der Waals surface area contributed by atoms with Crippen molar-refractivity contribution in [2.45, 2.75) is 39.2 Å². The molecule has 0 radical (unpaired) electrons. The Morgan fingerprint density at radius 3 is 2.96 bits per heavy atom. The first-order valence-corrected chi connectivity index (χ1v) is 9.16. The molecule has 1 aliphatic rings. The van der Waals surface area contributed by atoms with Crippen molar-refractivity contribution in [1.82, 2.24) is 15.5 Å². The second kappa shape index (κ2) is 10.2. The van der Waals surface area contributed by atoms with Crippen LogP contribution in [0.2, 0.25) is 0 Å². The normalized spacial score (nSPS) is 18.6. The molecule has 1 saturated heterocycles. The zero-order valence-corrected chi connectivity index (χ0v) is 15.3. The first-order valence-electron chi connectivity index (χ1n) is 9.16. The van der Waals surface area contributed by atoms with Gasteiger partial charge in [0.1, 0.15) is 5.75 Å². The molecule has 0 aromatic heterocycles. The van der Waals surface area contributed by atoms with E-state index in [2.05, 4.69) is 41.5 Å². The molecule has 1 aromatic rings. The second-order valence-electron chi connectivity index (χ2n) is 6.17. The third-order valence-electron chi connectivity index (χ3n) is 4.55. The molecule has 1 atom stereocenters. The molecule has 1 unspecified atom stereocenters. The number of methoxy groups -OCH3 is 1. The third-order valence-corrected chi connectivity index (χ3v) is 4.55. The molecule has 0 saturated carbocycles. The van der Waals surface area contributed by atoms with Gasteiger partial charge in [-0.25, -0.2) is 0 Å². The van der Waals surface area contributed by atoms with E-state index in [-0.39, 0.29) is 0 Å². The second-order valence-corrected chi connectivity index (χ2v) is 6.17. The molecule has 5 nitrogen and oxygen atoms in total. The fourth-order valence-electron chi connectivity index (χ4n) is 3.21. The maximum Gasteiger partial charge on any atom is 0.191 e. The van der Waals surface area contributed by atoms with Crippen LogP contribution in [0.25, 0.3) is 0 Å². The van der Waals surface area contributed by atoms with Crippen LogP contribution in [0, 0.1) is 0 Å². The van der Waals surface area contributed by atoms with Crippen molar-refractivity contribution in [3.63, 3.8) is 0 Å². The van der Waals surface area contributed by atoms with Gasteiger partial charge in [-0.15, -0.1) is 0 Å². The van der Waals surface area contributed by atoms with Crippen LogP contribution in [0.1, 0.15) is 32.3 Å². The lowest BCUT2D eigenvalue weighted by atomic mass is 10.1. The molecule has 24 heavy (non-hydrogen) atoms. The van der Waals surface area contributed by atoms with Gasteiger partial charge in [-0.05, 0) is 57.0 Å². The number of hydrogen-bond donors (Lipinski definition) is 2. The third kappa shape index (κ3) is 5.71. The summed E-state index contributed by atoms with van der Waals surface area (Å²) in [5.74, 6) is 1.83. The van der Waals surface area contributed by atoms with E-state index < -0.39 is 0 Å². The molecular formula is C19H32N4O. The van der Waals surface area contributed by atoms with Crippen molar-refractivity contribution in [2.75, 3.05) is 39.8 Å². The molecule has 0 bridgehead atoms. The lowest BCUT2D eigenvalue weighted by molar-refractivity contribution is 0.273. The molecule has 1 heterocycles.